The van der Waals surface area contributed by atoms with E-state index in [2.05, 4.69) is 10.2 Å². The molecule has 1 fully saturated rings. The number of piperazine rings is 1. The predicted molar refractivity (Wildman–Crippen MR) is 121 cm³/mol. The summed E-state index contributed by atoms with van der Waals surface area (Å²) in [5, 5.41) is 3.32. The first-order valence-corrected chi connectivity index (χ1v) is 11.8. The molecular weight excluding hydrogens is 422 g/mol. The van der Waals surface area contributed by atoms with Gasteiger partial charge in [-0.25, -0.2) is 8.42 Å². The molecule has 1 heterocycles. The van der Waals surface area contributed by atoms with E-state index >= 15 is 0 Å². The van der Waals surface area contributed by atoms with Gasteiger partial charge in [-0.3, -0.25) is 4.79 Å². The molecule has 1 amide bonds. The molecule has 1 aliphatic rings. The average molecular weight is 450 g/mol. The van der Waals surface area contributed by atoms with Crippen molar-refractivity contribution < 1.29 is 13.2 Å². The number of aryl methyl sites for hydroxylation is 3. The lowest BCUT2D eigenvalue weighted by atomic mass is 10.1. The van der Waals surface area contributed by atoms with Crippen LogP contribution in [0, 0.1) is 20.8 Å². The molecule has 0 atom stereocenters. The van der Waals surface area contributed by atoms with E-state index in [0.29, 0.717) is 54.8 Å². The van der Waals surface area contributed by atoms with Crippen molar-refractivity contribution in [3.63, 3.8) is 0 Å². The van der Waals surface area contributed by atoms with Gasteiger partial charge in [-0.05, 0) is 44.0 Å². The molecule has 1 aliphatic heterocycles. The quantitative estimate of drug-likeness (QED) is 0.731. The number of anilines is 1. The summed E-state index contributed by atoms with van der Waals surface area (Å²) in [7, 11) is -3.53. The van der Waals surface area contributed by atoms with Gasteiger partial charge in [0, 0.05) is 39.1 Å². The number of rotatable bonds is 6. The van der Waals surface area contributed by atoms with E-state index in [1.165, 1.54) is 0 Å². The highest BCUT2D eigenvalue weighted by atomic mass is 35.5. The van der Waals surface area contributed by atoms with Gasteiger partial charge in [0.1, 0.15) is 0 Å². The molecule has 6 nitrogen and oxygen atoms in total. The van der Waals surface area contributed by atoms with E-state index in [0.717, 1.165) is 16.7 Å². The fourth-order valence-electron chi connectivity index (χ4n) is 3.93. The van der Waals surface area contributed by atoms with Gasteiger partial charge < -0.3 is 10.2 Å². The number of halogens is 1. The molecule has 0 aromatic heterocycles. The van der Waals surface area contributed by atoms with Crippen LogP contribution in [0.5, 0.6) is 0 Å². The minimum Gasteiger partial charge on any atom is -0.325 e. The van der Waals surface area contributed by atoms with Gasteiger partial charge in [-0.2, -0.15) is 4.31 Å². The zero-order valence-corrected chi connectivity index (χ0v) is 19.2. The molecule has 0 aliphatic carbocycles. The largest absolute Gasteiger partial charge is 0.325 e. The average Bonchev–Trinajstić information content (AvgIpc) is 2.67. The fourth-order valence-corrected chi connectivity index (χ4v) is 5.95. The van der Waals surface area contributed by atoms with Gasteiger partial charge in [-0.15, -0.1) is 0 Å². The van der Waals surface area contributed by atoms with Crippen LogP contribution in [0.25, 0.3) is 0 Å². The lowest BCUT2D eigenvalue weighted by Crippen LogP contribution is -2.49. The van der Waals surface area contributed by atoms with Crippen LogP contribution in [0.2, 0.25) is 5.02 Å². The lowest BCUT2D eigenvalue weighted by Gasteiger charge is -2.34. The van der Waals surface area contributed by atoms with Crippen LogP contribution in [0.3, 0.4) is 0 Å². The maximum Gasteiger partial charge on any atom is 0.243 e. The third kappa shape index (κ3) is 5.21. The number of nitrogens with one attached hydrogen (secondary N) is 1. The Morgan fingerprint density at radius 1 is 1.03 bits per heavy atom. The van der Waals surface area contributed by atoms with Crippen molar-refractivity contribution in [2.45, 2.75) is 32.1 Å². The van der Waals surface area contributed by atoms with E-state index < -0.39 is 10.0 Å². The van der Waals surface area contributed by atoms with Crippen molar-refractivity contribution in [2.24, 2.45) is 0 Å². The minimum absolute atomic E-state index is 0.107. The first-order valence-electron chi connectivity index (χ1n) is 10.0. The molecule has 0 saturated carbocycles. The topological polar surface area (TPSA) is 69.7 Å². The summed E-state index contributed by atoms with van der Waals surface area (Å²) in [5.41, 5.74) is 3.23. The summed E-state index contributed by atoms with van der Waals surface area (Å²) in [4.78, 5) is 14.8. The van der Waals surface area contributed by atoms with Gasteiger partial charge in [-0.1, -0.05) is 41.4 Å². The van der Waals surface area contributed by atoms with E-state index in [-0.39, 0.29) is 5.91 Å². The molecule has 8 heteroatoms. The van der Waals surface area contributed by atoms with Crippen LogP contribution < -0.4 is 5.32 Å². The lowest BCUT2D eigenvalue weighted by molar-refractivity contribution is -0.116. The first-order chi connectivity index (χ1) is 14.2. The summed E-state index contributed by atoms with van der Waals surface area (Å²) < 4.78 is 27.9. The second kappa shape index (κ2) is 9.47. The Morgan fingerprint density at radius 3 is 2.23 bits per heavy atom. The molecule has 0 spiro atoms. The molecule has 30 heavy (non-hydrogen) atoms. The third-order valence-corrected chi connectivity index (χ3v) is 7.87. The fraction of sp³-hybridized carbons (Fsp3) is 0.409. The molecule has 0 bridgehead atoms. The number of hydrogen-bond acceptors (Lipinski definition) is 4. The number of amides is 1. The standard InChI is InChI=1S/C22H28ClN3O3S/c1-16-14-17(2)22(18(3)15-16)30(28,29)26-12-10-25(11-13-26)9-8-21(27)24-20-7-5-4-6-19(20)23/h4-7,14-15H,8-13H2,1-3H3,(H,24,27). The Balaban J connectivity index is 1.55. The van der Waals surface area contributed by atoms with Gasteiger partial charge in [0.2, 0.25) is 15.9 Å². The Kier molecular flexibility index (Phi) is 7.18. The van der Waals surface area contributed by atoms with E-state index in [1.807, 2.05) is 45.0 Å². The van der Waals surface area contributed by atoms with Crippen LogP contribution in [0.4, 0.5) is 5.69 Å². The van der Waals surface area contributed by atoms with Gasteiger partial charge in [0.15, 0.2) is 0 Å². The molecular formula is C22H28ClN3O3S. The van der Waals surface area contributed by atoms with Crippen molar-refractivity contribution in [2.75, 3.05) is 38.0 Å². The molecule has 1 N–H and O–H groups in total. The highest BCUT2D eigenvalue weighted by molar-refractivity contribution is 7.89. The summed E-state index contributed by atoms with van der Waals surface area (Å²) >= 11 is 6.07. The number of benzene rings is 2. The van der Waals surface area contributed by atoms with Crippen LogP contribution in [-0.2, 0) is 14.8 Å². The van der Waals surface area contributed by atoms with Crippen molar-refractivity contribution in [1.82, 2.24) is 9.21 Å². The summed E-state index contributed by atoms with van der Waals surface area (Å²) in [6, 6.07) is 10.9. The molecule has 162 valence electrons. The second-order valence-corrected chi connectivity index (χ2v) is 10.0. The summed E-state index contributed by atoms with van der Waals surface area (Å²) in [5.74, 6) is -0.107. The number of para-hydroxylation sites is 1. The Labute approximate surface area is 183 Å². The Morgan fingerprint density at radius 2 is 1.63 bits per heavy atom. The summed E-state index contributed by atoms with van der Waals surface area (Å²) in [6.45, 7) is 8.28. The Bertz CT molecular complexity index is 1010. The van der Waals surface area contributed by atoms with Crippen molar-refractivity contribution in [3.05, 3.63) is 58.1 Å². The van der Waals surface area contributed by atoms with Crippen molar-refractivity contribution in [1.29, 1.82) is 0 Å². The molecule has 0 unspecified atom stereocenters. The van der Waals surface area contributed by atoms with Gasteiger partial charge in [0.25, 0.3) is 0 Å². The number of carbonyl (C=O) groups is 1. The third-order valence-electron chi connectivity index (χ3n) is 5.34. The van der Waals surface area contributed by atoms with E-state index in [1.54, 1.807) is 16.4 Å². The van der Waals surface area contributed by atoms with Gasteiger partial charge >= 0.3 is 0 Å². The molecule has 3 rings (SSSR count). The number of carbonyl (C=O) groups excluding carboxylic acids is 1. The van der Waals surface area contributed by atoms with Gasteiger partial charge in [0.05, 0.1) is 15.6 Å². The normalized spacial score (nSPS) is 15.9. The van der Waals surface area contributed by atoms with E-state index in [4.69, 9.17) is 11.6 Å². The zero-order chi connectivity index (χ0) is 21.9. The predicted octanol–water partition coefficient (Wildman–Crippen LogP) is 3.60. The molecule has 0 radical (unpaired) electrons. The van der Waals surface area contributed by atoms with Crippen LogP contribution in [-0.4, -0.2) is 56.3 Å². The number of hydrogen-bond donors (Lipinski definition) is 1. The smallest absolute Gasteiger partial charge is 0.243 e. The maximum atomic E-state index is 13.2. The molecule has 2 aromatic carbocycles. The molecule has 1 saturated heterocycles. The zero-order valence-electron chi connectivity index (χ0n) is 17.6. The SMILES string of the molecule is Cc1cc(C)c(S(=O)(=O)N2CCN(CCC(=O)Nc3ccccc3Cl)CC2)c(C)c1. The number of sulfonamides is 1. The second-order valence-electron chi connectivity index (χ2n) is 7.75. The number of nitrogens with zero attached hydrogens (tertiary/aromatic N) is 2. The van der Waals surface area contributed by atoms with Crippen LogP contribution in [0.1, 0.15) is 23.1 Å². The van der Waals surface area contributed by atoms with Crippen LogP contribution >= 0.6 is 11.6 Å². The van der Waals surface area contributed by atoms with Crippen LogP contribution in [0.15, 0.2) is 41.3 Å². The Hall–Kier alpha value is -1.93. The van der Waals surface area contributed by atoms with E-state index in [9.17, 15) is 13.2 Å². The van der Waals surface area contributed by atoms with Crippen molar-refractivity contribution in [3.8, 4) is 0 Å². The monoisotopic (exact) mass is 449 g/mol. The first kappa shape index (κ1) is 22.7. The van der Waals surface area contributed by atoms with Crippen molar-refractivity contribution >= 4 is 33.2 Å². The maximum absolute atomic E-state index is 13.2. The minimum atomic E-state index is -3.53. The highest BCUT2D eigenvalue weighted by Crippen LogP contribution is 2.26. The highest BCUT2D eigenvalue weighted by Gasteiger charge is 2.30. The molecule has 2 aromatic rings. The summed E-state index contributed by atoms with van der Waals surface area (Å²) in [6.07, 6.45) is 0.328.